The summed E-state index contributed by atoms with van der Waals surface area (Å²) < 4.78 is 39.4. The van der Waals surface area contributed by atoms with Gasteiger partial charge in [-0.05, 0) is 24.3 Å². The number of carbonyl (C=O) groups excluding carboxylic acids is 1. The van der Waals surface area contributed by atoms with Gasteiger partial charge in [0.25, 0.3) is 0 Å². The molecule has 0 saturated carbocycles. The van der Waals surface area contributed by atoms with Crippen LogP contribution in [-0.4, -0.2) is 73.9 Å². The van der Waals surface area contributed by atoms with Gasteiger partial charge in [0.15, 0.2) is 11.5 Å². The predicted molar refractivity (Wildman–Crippen MR) is 162 cm³/mol. The standard InChI is InChI=1S/C31H29FN8O5/c1-4-29(41)39-10-7-20(8-11-39)44-27-14-22-25(15-26(27)42-2)35-18-36-30(22)37-24-6-5-21(13-23(24)32)45-28-9-12-40(38-28)19-16-33-31(43-3)34-17-19/h4-6,9,12-18,20H,1,7-8,10-11H2,2-3H3,(H,35,36,37). The molecule has 1 aliphatic heterocycles. The van der Waals surface area contributed by atoms with Crippen LogP contribution in [0.15, 0.2) is 74.0 Å². The van der Waals surface area contributed by atoms with E-state index in [1.54, 1.807) is 60.9 Å². The lowest BCUT2D eigenvalue weighted by atomic mass is 10.1. The number of methoxy groups -OCH3 is 2. The van der Waals surface area contributed by atoms with Crippen molar-refractivity contribution in [3.8, 4) is 34.8 Å². The number of nitrogens with zero attached hydrogens (tertiary/aromatic N) is 7. The number of amides is 1. The quantitative estimate of drug-likeness (QED) is 0.217. The van der Waals surface area contributed by atoms with Crippen LogP contribution in [0.5, 0.6) is 29.1 Å². The molecule has 0 unspecified atom stereocenters. The van der Waals surface area contributed by atoms with Crippen molar-refractivity contribution in [3.05, 3.63) is 79.8 Å². The normalized spacial score (nSPS) is 13.4. The summed E-state index contributed by atoms with van der Waals surface area (Å²) in [6.45, 7) is 4.70. The minimum absolute atomic E-state index is 0.0903. The first-order chi connectivity index (χ1) is 21.9. The van der Waals surface area contributed by atoms with E-state index in [1.165, 1.54) is 30.3 Å². The van der Waals surface area contributed by atoms with E-state index in [0.717, 1.165) is 0 Å². The molecule has 0 radical (unpaired) electrons. The highest BCUT2D eigenvalue weighted by molar-refractivity contribution is 5.93. The third kappa shape index (κ3) is 6.44. The Hall–Kier alpha value is -5.79. The molecule has 6 rings (SSSR count). The minimum Gasteiger partial charge on any atom is -0.493 e. The van der Waals surface area contributed by atoms with Crippen LogP contribution in [0.4, 0.5) is 15.9 Å². The van der Waals surface area contributed by atoms with Gasteiger partial charge in [0.05, 0.1) is 37.8 Å². The van der Waals surface area contributed by atoms with Crippen molar-refractivity contribution >= 4 is 28.3 Å². The van der Waals surface area contributed by atoms with Crippen LogP contribution in [0.3, 0.4) is 0 Å². The number of benzene rings is 2. The number of halogens is 1. The number of anilines is 2. The molecule has 0 bridgehead atoms. The van der Waals surface area contributed by atoms with E-state index in [1.807, 2.05) is 0 Å². The van der Waals surface area contributed by atoms with Gasteiger partial charge in [0, 0.05) is 55.7 Å². The molecule has 13 nitrogen and oxygen atoms in total. The van der Waals surface area contributed by atoms with E-state index in [4.69, 9.17) is 18.9 Å². The second kappa shape index (κ2) is 12.8. The molecule has 3 aromatic heterocycles. The third-order valence-corrected chi connectivity index (χ3v) is 7.18. The molecule has 2 aromatic carbocycles. The molecule has 1 saturated heterocycles. The highest BCUT2D eigenvalue weighted by atomic mass is 19.1. The molecule has 4 heterocycles. The lowest BCUT2D eigenvalue weighted by Gasteiger charge is -2.31. The summed E-state index contributed by atoms with van der Waals surface area (Å²) in [4.78, 5) is 30.5. The summed E-state index contributed by atoms with van der Waals surface area (Å²) in [7, 11) is 3.03. The smallest absolute Gasteiger partial charge is 0.316 e. The number of ether oxygens (including phenoxy) is 4. The van der Waals surface area contributed by atoms with Crippen molar-refractivity contribution in [1.29, 1.82) is 0 Å². The Balaban J connectivity index is 1.17. The number of fused-ring (bicyclic) bond motifs is 1. The van der Waals surface area contributed by atoms with E-state index < -0.39 is 5.82 Å². The first kappa shape index (κ1) is 29.3. The second-order valence-electron chi connectivity index (χ2n) is 9.98. The third-order valence-electron chi connectivity index (χ3n) is 7.18. The Morgan fingerprint density at radius 2 is 1.82 bits per heavy atom. The first-order valence-electron chi connectivity index (χ1n) is 14.0. The average Bonchev–Trinajstić information content (AvgIpc) is 3.54. The molecule has 1 aliphatic rings. The van der Waals surface area contributed by atoms with Gasteiger partial charge in [-0.25, -0.2) is 29.0 Å². The average molecular weight is 613 g/mol. The molecular formula is C31H29FN8O5. The maximum atomic E-state index is 15.3. The maximum Gasteiger partial charge on any atom is 0.316 e. The van der Waals surface area contributed by atoms with E-state index in [2.05, 4.69) is 36.9 Å². The molecule has 1 amide bonds. The SMILES string of the molecule is C=CC(=O)N1CCC(Oc2cc3c(Nc4ccc(Oc5ccn(-c6cnc(OC)nc6)n5)cc4F)ncnc3cc2OC)CC1. The highest BCUT2D eigenvalue weighted by Gasteiger charge is 2.24. The zero-order valence-corrected chi connectivity index (χ0v) is 24.5. The monoisotopic (exact) mass is 612 g/mol. The zero-order chi connectivity index (χ0) is 31.3. The van der Waals surface area contributed by atoms with Gasteiger partial charge in [-0.15, -0.1) is 5.10 Å². The Bertz CT molecular complexity index is 1840. The number of piperidine rings is 1. The maximum absolute atomic E-state index is 15.3. The summed E-state index contributed by atoms with van der Waals surface area (Å²) in [6.07, 6.45) is 8.70. The summed E-state index contributed by atoms with van der Waals surface area (Å²) in [5, 5.41) is 8.01. The van der Waals surface area contributed by atoms with Crippen LogP contribution in [-0.2, 0) is 4.79 Å². The number of carbonyl (C=O) groups is 1. The topological polar surface area (TPSA) is 139 Å². The molecule has 5 aromatic rings. The van der Waals surface area contributed by atoms with Crippen molar-refractivity contribution in [1.82, 2.24) is 34.6 Å². The molecule has 0 spiro atoms. The number of hydrogen-bond donors (Lipinski definition) is 1. The summed E-state index contributed by atoms with van der Waals surface area (Å²) in [6, 6.07) is 9.82. The molecule has 1 fully saturated rings. The predicted octanol–water partition coefficient (Wildman–Crippen LogP) is 4.85. The van der Waals surface area contributed by atoms with Gasteiger partial charge in [-0.3, -0.25) is 4.79 Å². The van der Waals surface area contributed by atoms with E-state index in [9.17, 15) is 4.79 Å². The highest BCUT2D eigenvalue weighted by Crippen LogP contribution is 2.37. The van der Waals surface area contributed by atoms with Crippen molar-refractivity contribution in [2.24, 2.45) is 0 Å². The van der Waals surface area contributed by atoms with Crippen molar-refractivity contribution in [2.75, 3.05) is 32.6 Å². The molecule has 45 heavy (non-hydrogen) atoms. The lowest BCUT2D eigenvalue weighted by molar-refractivity contribution is -0.127. The van der Waals surface area contributed by atoms with Gasteiger partial charge in [-0.2, -0.15) is 0 Å². The number of hydrogen-bond acceptors (Lipinski definition) is 11. The molecule has 1 N–H and O–H groups in total. The van der Waals surface area contributed by atoms with Crippen molar-refractivity contribution < 1.29 is 28.1 Å². The largest absolute Gasteiger partial charge is 0.493 e. The fourth-order valence-corrected chi connectivity index (χ4v) is 4.87. The fourth-order valence-electron chi connectivity index (χ4n) is 4.87. The molecule has 0 aliphatic carbocycles. The Kier molecular flexibility index (Phi) is 8.35. The second-order valence-corrected chi connectivity index (χ2v) is 9.98. The van der Waals surface area contributed by atoms with Crippen LogP contribution in [0.1, 0.15) is 12.8 Å². The Morgan fingerprint density at radius 3 is 2.53 bits per heavy atom. The van der Waals surface area contributed by atoms with Crippen LogP contribution >= 0.6 is 0 Å². The zero-order valence-electron chi connectivity index (χ0n) is 24.5. The number of aromatic nitrogens is 6. The number of nitrogens with one attached hydrogen (secondary N) is 1. The van der Waals surface area contributed by atoms with E-state index >= 15 is 4.39 Å². The minimum atomic E-state index is -0.562. The Labute approximate surface area is 257 Å². The van der Waals surface area contributed by atoms with E-state index in [0.29, 0.717) is 59.8 Å². The first-order valence-corrected chi connectivity index (χ1v) is 14.0. The summed E-state index contributed by atoms with van der Waals surface area (Å²) >= 11 is 0. The summed E-state index contributed by atoms with van der Waals surface area (Å²) in [5.74, 6) is 1.25. The fraction of sp³-hybridized carbons (Fsp3) is 0.226. The van der Waals surface area contributed by atoms with Crippen LogP contribution in [0.2, 0.25) is 0 Å². The van der Waals surface area contributed by atoms with Crippen LogP contribution in [0, 0.1) is 5.82 Å². The molecule has 0 atom stereocenters. The molecular weight excluding hydrogens is 583 g/mol. The number of rotatable bonds is 10. The Morgan fingerprint density at radius 1 is 1.02 bits per heavy atom. The summed E-state index contributed by atoms with van der Waals surface area (Å²) in [5.41, 5.74) is 1.37. The van der Waals surface area contributed by atoms with Crippen molar-refractivity contribution in [2.45, 2.75) is 18.9 Å². The van der Waals surface area contributed by atoms with E-state index in [-0.39, 0.29) is 35.3 Å². The van der Waals surface area contributed by atoms with Crippen molar-refractivity contribution in [3.63, 3.8) is 0 Å². The lowest BCUT2D eigenvalue weighted by Crippen LogP contribution is -2.41. The van der Waals surface area contributed by atoms with Crippen LogP contribution < -0.4 is 24.3 Å². The van der Waals surface area contributed by atoms with Gasteiger partial charge in [-0.1, -0.05) is 6.58 Å². The van der Waals surface area contributed by atoms with Crippen LogP contribution in [0.25, 0.3) is 16.6 Å². The van der Waals surface area contributed by atoms with Gasteiger partial charge < -0.3 is 29.2 Å². The van der Waals surface area contributed by atoms with Gasteiger partial charge in [0.1, 0.15) is 35.5 Å². The van der Waals surface area contributed by atoms with Gasteiger partial charge in [0.2, 0.25) is 11.8 Å². The number of likely N-dealkylation sites (tertiary alicyclic amines) is 1. The molecule has 230 valence electrons. The molecule has 14 heteroatoms. The van der Waals surface area contributed by atoms with Gasteiger partial charge >= 0.3 is 6.01 Å².